The van der Waals surface area contributed by atoms with Crippen LogP contribution in [-0.2, 0) is 6.54 Å². The molecule has 0 saturated heterocycles. The molecule has 0 aliphatic heterocycles. The molecule has 1 aromatic rings. The van der Waals surface area contributed by atoms with Crippen LogP contribution in [0, 0.1) is 17.2 Å². The molecular formula is C18H25N3. The summed E-state index contributed by atoms with van der Waals surface area (Å²) < 4.78 is 0. The Bertz CT molecular complexity index is 524. The van der Waals surface area contributed by atoms with E-state index < -0.39 is 0 Å². The predicted molar refractivity (Wildman–Crippen MR) is 86.2 cm³/mol. The highest BCUT2D eigenvalue weighted by Crippen LogP contribution is 2.32. The third-order valence-corrected chi connectivity index (χ3v) is 4.36. The topological polar surface area (TPSA) is 39.1 Å². The van der Waals surface area contributed by atoms with Crippen molar-refractivity contribution in [3.63, 3.8) is 0 Å². The standard InChI is InChI=1S/C18H25N3/c1-2-9-21(13-14-3-4-14)18-8-5-15(10-16(18)11-19)12-20-17-6-7-17/h5,8,10,14,17,20H,2-4,6-7,9,12-13H2,1H3. The predicted octanol–water partition coefficient (Wildman–Crippen LogP) is 3.44. The molecule has 1 N–H and O–H groups in total. The molecule has 3 heteroatoms. The molecule has 0 amide bonds. The van der Waals surface area contributed by atoms with Gasteiger partial charge in [0.15, 0.2) is 0 Å². The van der Waals surface area contributed by atoms with Crippen molar-refractivity contribution in [1.29, 1.82) is 5.26 Å². The molecule has 3 nitrogen and oxygen atoms in total. The number of nitrogens with one attached hydrogen (secondary N) is 1. The van der Waals surface area contributed by atoms with Gasteiger partial charge in [0.25, 0.3) is 0 Å². The summed E-state index contributed by atoms with van der Waals surface area (Å²) in [5.41, 5.74) is 3.19. The zero-order valence-electron chi connectivity index (χ0n) is 12.9. The van der Waals surface area contributed by atoms with Crippen molar-refractivity contribution < 1.29 is 0 Å². The molecule has 0 aromatic heterocycles. The van der Waals surface area contributed by atoms with Crippen molar-refractivity contribution in [1.82, 2.24) is 5.32 Å². The van der Waals surface area contributed by atoms with Crippen molar-refractivity contribution in [3.05, 3.63) is 29.3 Å². The molecule has 0 spiro atoms. The lowest BCUT2D eigenvalue weighted by Gasteiger charge is -2.25. The van der Waals surface area contributed by atoms with Crippen LogP contribution in [0.1, 0.15) is 50.2 Å². The van der Waals surface area contributed by atoms with E-state index in [0.717, 1.165) is 43.2 Å². The van der Waals surface area contributed by atoms with E-state index in [-0.39, 0.29) is 0 Å². The summed E-state index contributed by atoms with van der Waals surface area (Å²) in [6, 6.07) is 9.52. The third kappa shape index (κ3) is 3.98. The van der Waals surface area contributed by atoms with Gasteiger partial charge in [0.1, 0.15) is 6.07 Å². The third-order valence-electron chi connectivity index (χ3n) is 4.36. The molecule has 1 aromatic carbocycles. The second-order valence-corrected chi connectivity index (χ2v) is 6.51. The van der Waals surface area contributed by atoms with Crippen LogP contribution in [0.2, 0.25) is 0 Å². The number of benzene rings is 1. The fourth-order valence-electron chi connectivity index (χ4n) is 2.80. The van der Waals surface area contributed by atoms with E-state index in [1.807, 2.05) is 0 Å². The Morgan fingerprint density at radius 3 is 2.71 bits per heavy atom. The minimum absolute atomic E-state index is 0.710. The fourth-order valence-corrected chi connectivity index (χ4v) is 2.80. The van der Waals surface area contributed by atoms with Gasteiger partial charge in [0, 0.05) is 25.7 Å². The van der Waals surface area contributed by atoms with Crippen molar-refractivity contribution in [2.45, 2.75) is 51.6 Å². The van der Waals surface area contributed by atoms with E-state index in [4.69, 9.17) is 0 Å². The molecule has 0 heterocycles. The van der Waals surface area contributed by atoms with Gasteiger partial charge in [-0.15, -0.1) is 0 Å². The Morgan fingerprint density at radius 1 is 1.29 bits per heavy atom. The molecule has 2 fully saturated rings. The van der Waals surface area contributed by atoms with Gasteiger partial charge in [-0.3, -0.25) is 0 Å². The van der Waals surface area contributed by atoms with Gasteiger partial charge in [0.2, 0.25) is 0 Å². The van der Waals surface area contributed by atoms with Crippen molar-refractivity contribution in [2.24, 2.45) is 5.92 Å². The number of rotatable bonds is 8. The summed E-state index contributed by atoms with van der Waals surface area (Å²) in [5.74, 6) is 0.847. The molecule has 0 radical (unpaired) electrons. The van der Waals surface area contributed by atoms with E-state index in [9.17, 15) is 5.26 Å². The van der Waals surface area contributed by atoms with Crippen LogP contribution < -0.4 is 10.2 Å². The molecule has 2 aliphatic rings. The summed E-state index contributed by atoms with van der Waals surface area (Å²) in [6.45, 7) is 5.25. The minimum Gasteiger partial charge on any atom is -0.370 e. The van der Waals surface area contributed by atoms with E-state index in [1.54, 1.807) is 0 Å². The van der Waals surface area contributed by atoms with E-state index in [2.05, 4.69) is 41.4 Å². The van der Waals surface area contributed by atoms with Crippen LogP contribution in [0.3, 0.4) is 0 Å². The highest BCUT2D eigenvalue weighted by molar-refractivity contribution is 5.60. The van der Waals surface area contributed by atoms with Gasteiger partial charge in [-0.1, -0.05) is 13.0 Å². The lowest BCUT2D eigenvalue weighted by Crippen LogP contribution is -2.27. The first-order chi connectivity index (χ1) is 10.3. The first-order valence-electron chi connectivity index (χ1n) is 8.31. The number of nitrogens with zero attached hydrogens (tertiary/aromatic N) is 2. The summed E-state index contributed by atoms with van der Waals surface area (Å²) in [5, 5.41) is 13.0. The summed E-state index contributed by atoms with van der Waals surface area (Å²) in [6.07, 6.45) is 6.43. The number of anilines is 1. The van der Waals surface area contributed by atoms with E-state index in [1.165, 1.54) is 31.2 Å². The molecule has 0 atom stereocenters. The molecule has 112 valence electrons. The van der Waals surface area contributed by atoms with Gasteiger partial charge in [-0.2, -0.15) is 5.26 Å². The summed E-state index contributed by atoms with van der Waals surface area (Å²) in [4.78, 5) is 2.41. The van der Waals surface area contributed by atoms with Crippen molar-refractivity contribution >= 4 is 5.69 Å². The quantitative estimate of drug-likeness (QED) is 0.794. The first kappa shape index (κ1) is 14.4. The maximum absolute atomic E-state index is 9.50. The van der Waals surface area contributed by atoms with Crippen LogP contribution in [0.15, 0.2) is 18.2 Å². The molecule has 2 saturated carbocycles. The number of hydrogen-bond acceptors (Lipinski definition) is 3. The normalized spacial score (nSPS) is 17.5. The van der Waals surface area contributed by atoms with Crippen molar-refractivity contribution in [3.8, 4) is 6.07 Å². The van der Waals surface area contributed by atoms with Gasteiger partial charge in [-0.25, -0.2) is 0 Å². The monoisotopic (exact) mass is 283 g/mol. The summed E-state index contributed by atoms with van der Waals surface area (Å²) >= 11 is 0. The Morgan fingerprint density at radius 2 is 2.10 bits per heavy atom. The van der Waals surface area contributed by atoms with Crippen LogP contribution in [0.25, 0.3) is 0 Å². The summed E-state index contributed by atoms with van der Waals surface area (Å²) in [7, 11) is 0. The van der Waals surface area contributed by atoms with Crippen LogP contribution in [-0.4, -0.2) is 19.1 Å². The lowest BCUT2D eigenvalue weighted by molar-refractivity contribution is 0.686. The van der Waals surface area contributed by atoms with Gasteiger partial charge >= 0.3 is 0 Å². The highest BCUT2D eigenvalue weighted by Gasteiger charge is 2.25. The Hall–Kier alpha value is -1.53. The van der Waals surface area contributed by atoms with Gasteiger partial charge < -0.3 is 10.2 Å². The maximum atomic E-state index is 9.50. The highest BCUT2D eigenvalue weighted by atomic mass is 15.1. The lowest BCUT2D eigenvalue weighted by atomic mass is 10.1. The van der Waals surface area contributed by atoms with Crippen LogP contribution in [0.4, 0.5) is 5.69 Å². The van der Waals surface area contributed by atoms with Crippen molar-refractivity contribution in [2.75, 3.05) is 18.0 Å². The average molecular weight is 283 g/mol. The maximum Gasteiger partial charge on any atom is 0.101 e. The van der Waals surface area contributed by atoms with Gasteiger partial charge in [0.05, 0.1) is 11.3 Å². The zero-order valence-corrected chi connectivity index (χ0v) is 12.9. The zero-order chi connectivity index (χ0) is 14.7. The Balaban J connectivity index is 1.73. The molecular weight excluding hydrogens is 258 g/mol. The molecule has 2 aliphatic carbocycles. The van der Waals surface area contributed by atoms with Crippen LogP contribution in [0.5, 0.6) is 0 Å². The molecule has 3 rings (SSSR count). The SMILES string of the molecule is CCCN(CC1CC1)c1ccc(CNC2CC2)cc1C#N. The number of nitriles is 1. The number of hydrogen-bond donors (Lipinski definition) is 1. The second-order valence-electron chi connectivity index (χ2n) is 6.51. The molecule has 0 bridgehead atoms. The fraction of sp³-hybridized carbons (Fsp3) is 0.611. The smallest absolute Gasteiger partial charge is 0.101 e. The van der Waals surface area contributed by atoms with Crippen LogP contribution >= 0.6 is 0 Å². The minimum atomic E-state index is 0.710. The largest absolute Gasteiger partial charge is 0.370 e. The second kappa shape index (κ2) is 6.49. The van der Waals surface area contributed by atoms with E-state index >= 15 is 0 Å². The Kier molecular flexibility index (Phi) is 4.45. The molecule has 21 heavy (non-hydrogen) atoms. The Labute approximate surface area is 128 Å². The van der Waals surface area contributed by atoms with E-state index in [0.29, 0.717) is 6.04 Å². The first-order valence-corrected chi connectivity index (χ1v) is 8.31. The molecule has 0 unspecified atom stereocenters. The average Bonchev–Trinajstić information content (AvgIpc) is 3.38. The van der Waals surface area contributed by atoms with Gasteiger partial charge in [-0.05, 0) is 55.7 Å².